The van der Waals surface area contributed by atoms with Gasteiger partial charge in [0.2, 0.25) is 0 Å². The largest absolute Gasteiger partial charge is 0.491 e. The second-order valence-corrected chi connectivity index (χ2v) is 7.03. The summed E-state index contributed by atoms with van der Waals surface area (Å²) in [7, 11) is 0. The van der Waals surface area contributed by atoms with Gasteiger partial charge in [0.1, 0.15) is 6.04 Å². The molecule has 1 aromatic rings. The average molecular weight is 418 g/mol. The molecule has 1 fully saturated rings. The van der Waals surface area contributed by atoms with Gasteiger partial charge < -0.3 is 9.47 Å². The molecule has 1 aliphatic heterocycles. The molecule has 0 aromatic heterocycles. The number of ether oxygens (including phenoxy) is 2. The Morgan fingerprint density at radius 1 is 1.23 bits per heavy atom. The molecule has 9 heteroatoms. The maximum atomic E-state index is 12.5. The van der Waals surface area contributed by atoms with Gasteiger partial charge in [0.15, 0.2) is 5.75 Å². The highest BCUT2D eigenvalue weighted by Crippen LogP contribution is 2.38. The van der Waals surface area contributed by atoms with Crippen LogP contribution in [-0.4, -0.2) is 41.3 Å². The van der Waals surface area contributed by atoms with Crippen molar-refractivity contribution in [3.63, 3.8) is 0 Å². The third kappa shape index (κ3) is 4.34. The van der Waals surface area contributed by atoms with Gasteiger partial charge in [-0.15, -0.1) is 0 Å². The summed E-state index contributed by atoms with van der Waals surface area (Å²) in [4.78, 5) is 37.6. The van der Waals surface area contributed by atoms with Gasteiger partial charge in [-0.25, -0.2) is 4.79 Å². The van der Waals surface area contributed by atoms with Crippen LogP contribution in [0.15, 0.2) is 17.0 Å². The molecule has 1 saturated heterocycles. The fourth-order valence-electron chi connectivity index (χ4n) is 2.28. The van der Waals surface area contributed by atoms with E-state index in [0.717, 1.165) is 16.7 Å². The molecule has 0 saturated carbocycles. The van der Waals surface area contributed by atoms with Crippen LogP contribution in [0, 0.1) is 0 Å². The highest BCUT2D eigenvalue weighted by atomic mass is 35.5. The molecule has 1 unspecified atom stereocenters. The van der Waals surface area contributed by atoms with Crippen molar-refractivity contribution in [3.05, 3.63) is 32.6 Å². The van der Waals surface area contributed by atoms with Crippen LogP contribution in [0.1, 0.15) is 26.3 Å². The van der Waals surface area contributed by atoms with Crippen molar-refractivity contribution in [3.8, 4) is 5.75 Å². The summed E-state index contributed by atoms with van der Waals surface area (Å²) in [5.41, 5.74) is 0.540. The normalized spacial score (nSPS) is 17.0. The van der Waals surface area contributed by atoms with Gasteiger partial charge in [0, 0.05) is 0 Å². The highest BCUT2D eigenvalue weighted by Gasteiger charge is 2.41. The van der Waals surface area contributed by atoms with Crippen LogP contribution in [0.2, 0.25) is 10.0 Å². The maximum Gasteiger partial charge on any atom is 0.329 e. The molecule has 0 spiro atoms. The third-order valence-electron chi connectivity index (χ3n) is 3.45. The molecule has 26 heavy (non-hydrogen) atoms. The van der Waals surface area contributed by atoms with E-state index < -0.39 is 23.2 Å². The number of rotatable bonds is 6. The van der Waals surface area contributed by atoms with E-state index in [1.807, 2.05) is 0 Å². The Labute approximate surface area is 165 Å². The minimum Gasteiger partial charge on any atom is -0.491 e. The third-order valence-corrected chi connectivity index (χ3v) is 4.89. The zero-order chi connectivity index (χ0) is 19.4. The molecule has 2 amide bonds. The molecule has 2 rings (SSSR count). The highest BCUT2D eigenvalue weighted by molar-refractivity contribution is 8.18. The smallest absolute Gasteiger partial charge is 0.329 e. The first-order valence-corrected chi connectivity index (χ1v) is 9.42. The standard InChI is InChI=1S/C17H17Cl2NO5S/c1-4-24-14-11(18)6-10(7-12(14)19)8-13-15(21)20(17(23)26-13)9(3)16(22)25-5-2/h6-9H,4-5H2,1-3H3/b13-8+. The molecule has 0 N–H and O–H groups in total. The lowest BCUT2D eigenvalue weighted by atomic mass is 10.2. The topological polar surface area (TPSA) is 72.9 Å². The van der Waals surface area contributed by atoms with Crippen molar-refractivity contribution in [2.75, 3.05) is 13.2 Å². The number of benzene rings is 1. The number of nitrogens with zero attached hydrogens (tertiary/aromatic N) is 1. The Morgan fingerprint density at radius 3 is 2.38 bits per heavy atom. The number of hydrogen-bond acceptors (Lipinski definition) is 6. The van der Waals surface area contributed by atoms with Crippen LogP contribution in [0.5, 0.6) is 5.75 Å². The Kier molecular flexibility index (Phi) is 6.97. The van der Waals surface area contributed by atoms with E-state index in [9.17, 15) is 14.4 Å². The van der Waals surface area contributed by atoms with E-state index in [2.05, 4.69) is 0 Å². The summed E-state index contributed by atoms with van der Waals surface area (Å²) in [5.74, 6) is -0.845. The van der Waals surface area contributed by atoms with Gasteiger partial charge in [-0.05, 0) is 56.3 Å². The first-order valence-electron chi connectivity index (χ1n) is 7.85. The second kappa shape index (κ2) is 8.79. The Bertz CT molecular complexity index is 757. The van der Waals surface area contributed by atoms with Crippen molar-refractivity contribution in [2.45, 2.75) is 26.8 Å². The van der Waals surface area contributed by atoms with E-state index in [4.69, 9.17) is 32.7 Å². The first kappa shape index (κ1) is 20.6. The van der Waals surface area contributed by atoms with Crippen molar-refractivity contribution in [1.82, 2.24) is 4.90 Å². The van der Waals surface area contributed by atoms with Crippen LogP contribution in [0.4, 0.5) is 4.79 Å². The Hall–Kier alpha value is -1.70. The Balaban J connectivity index is 2.29. The molecule has 0 aliphatic carbocycles. The Morgan fingerprint density at radius 2 is 1.85 bits per heavy atom. The molecular formula is C17H17Cl2NO5S. The van der Waals surface area contributed by atoms with Gasteiger partial charge in [0.05, 0.1) is 28.2 Å². The molecule has 1 atom stereocenters. The van der Waals surface area contributed by atoms with Crippen LogP contribution >= 0.6 is 35.0 Å². The quantitative estimate of drug-likeness (QED) is 0.504. The van der Waals surface area contributed by atoms with E-state index >= 15 is 0 Å². The van der Waals surface area contributed by atoms with Crippen LogP contribution < -0.4 is 4.74 Å². The maximum absolute atomic E-state index is 12.5. The fraction of sp³-hybridized carbons (Fsp3) is 0.353. The van der Waals surface area contributed by atoms with Crippen LogP contribution in [-0.2, 0) is 14.3 Å². The second-order valence-electron chi connectivity index (χ2n) is 5.23. The monoisotopic (exact) mass is 417 g/mol. The van der Waals surface area contributed by atoms with Crippen LogP contribution in [0.3, 0.4) is 0 Å². The summed E-state index contributed by atoms with van der Waals surface area (Å²) < 4.78 is 10.2. The van der Waals surface area contributed by atoms with E-state index in [0.29, 0.717) is 28.0 Å². The summed E-state index contributed by atoms with van der Waals surface area (Å²) in [6, 6.07) is 2.17. The zero-order valence-corrected chi connectivity index (χ0v) is 16.7. The summed E-state index contributed by atoms with van der Waals surface area (Å²) >= 11 is 13.0. The number of halogens is 2. The lowest BCUT2D eigenvalue weighted by Gasteiger charge is -2.19. The SMILES string of the molecule is CCOC(=O)C(C)N1C(=O)S/C(=C/c2cc(Cl)c(OCC)c(Cl)c2)C1=O. The molecule has 6 nitrogen and oxygen atoms in total. The molecular weight excluding hydrogens is 401 g/mol. The molecule has 0 bridgehead atoms. The fourth-order valence-corrected chi connectivity index (χ4v) is 3.80. The van der Waals surface area contributed by atoms with E-state index in [-0.39, 0.29) is 11.5 Å². The number of thioether (sulfide) groups is 1. The number of imide groups is 1. The van der Waals surface area contributed by atoms with E-state index in [1.54, 1.807) is 26.0 Å². The minimum atomic E-state index is -0.999. The summed E-state index contributed by atoms with van der Waals surface area (Å²) in [5, 5.41) is 0.0550. The molecule has 140 valence electrons. The lowest BCUT2D eigenvalue weighted by molar-refractivity contribution is -0.150. The van der Waals surface area contributed by atoms with E-state index in [1.165, 1.54) is 13.0 Å². The van der Waals surface area contributed by atoms with Gasteiger partial charge in [-0.1, -0.05) is 23.2 Å². The van der Waals surface area contributed by atoms with Gasteiger partial charge in [0.25, 0.3) is 11.1 Å². The van der Waals surface area contributed by atoms with Gasteiger partial charge in [-0.2, -0.15) is 0 Å². The van der Waals surface area contributed by atoms with Crippen LogP contribution in [0.25, 0.3) is 6.08 Å². The number of carbonyl (C=O) groups excluding carboxylic acids is 3. The predicted octanol–water partition coefficient (Wildman–Crippen LogP) is 4.38. The number of carbonyl (C=O) groups is 3. The van der Waals surface area contributed by atoms with Gasteiger partial charge >= 0.3 is 5.97 Å². The number of esters is 1. The number of hydrogen-bond donors (Lipinski definition) is 0. The molecule has 0 radical (unpaired) electrons. The first-order chi connectivity index (χ1) is 12.3. The van der Waals surface area contributed by atoms with Crippen molar-refractivity contribution in [1.29, 1.82) is 0 Å². The minimum absolute atomic E-state index is 0.165. The summed E-state index contributed by atoms with van der Waals surface area (Å²) in [6.45, 7) is 5.47. The summed E-state index contributed by atoms with van der Waals surface area (Å²) in [6.07, 6.45) is 1.50. The van der Waals surface area contributed by atoms with Gasteiger partial charge in [-0.3, -0.25) is 14.5 Å². The van der Waals surface area contributed by atoms with Crippen molar-refractivity contribution in [2.24, 2.45) is 0 Å². The molecule has 1 aliphatic rings. The zero-order valence-electron chi connectivity index (χ0n) is 14.4. The lowest BCUT2D eigenvalue weighted by Crippen LogP contribution is -2.42. The number of amides is 2. The molecule has 1 heterocycles. The molecule has 1 aromatic carbocycles. The van der Waals surface area contributed by atoms with Crippen molar-refractivity contribution < 1.29 is 23.9 Å². The predicted molar refractivity (Wildman–Crippen MR) is 102 cm³/mol. The average Bonchev–Trinajstić information content (AvgIpc) is 2.84. The van der Waals surface area contributed by atoms with Crippen molar-refractivity contribution >= 4 is 58.2 Å².